The van der Waals surface area contributed by atoms with E-state index in [0.717, 1.165) is 0 Å². The highest BCUT2D eigenvalue weighted by atomic mass is 35.5. The lowest BCUT2D eigenvalue weighted by molar-refractivity contribution is -0.286. The van der Waals surface area contributed by atoms with Crippen molar-refractivity contribution in [2.75, 3.05) is 12.4 Å². The third-order valence-electron chi connectivity index (χ3n) is 3.40. The van der Waals surface area contributed by atoms with Gasteiger partial charge in [-0.15, -0.1) is 8.78 Å². The summed E-state index contributed by atoms with van der Waals surface area (Å²) in [7, 11) is 1.47. The van der Waals surface area contributed by atoms with Gasteiger partial charge in [0, 0.05) is 24.9 Å². The molecule has 0 spiro atoms. The van der Waals surface area contributed by atoms with Gasteiger partial charge in [-0.1, -0.05) is 23.2 Å². The average molecular weight is 430 g/mol. The molecule has 1 amide bonds. The largest absolute Gasteiger partial charge is 0.586 e. The first-order valence-electron chi connectivity index (χ1n) is 7.50. The molecule has 1 aromatic carbocycles. The molecular weight excluding hydrogens is 419 g/mol. The second-order valence-electron chi connectivity index (χ2n) is 5.34. The minimum atomic E-state index is -3.76. The third kappa shape index (κ3) is 4.12. The number of aromatic nitrogens is 2. The van der Waals surface area contributed by atoms with Crippen molar-refractivity contribution in [3.8, 4) is 22.8 Å². The molecule has 2 heterocycles. The van der Waals surface area contributed by atoms with E-state index in [0.29, 0.717) is 0 Å². The fourth-order valence-corrected chi connectivity index (χ4v) is 2.61. The Morgan fingerprint density at radius 2 is 1.96 bits per heavy atom. The number of nitrogens with zero attached hydrogens (tertiary/aromatic N) is 3. The molecule has 0 unspecified atom stereocenters. The molecule has 0 bridgehead atoms. The molecule has 0 fully saturated rings. The zero-order chi connectivity index (χ0) is 20.5. The second kappa shape index (κ2) is 7.56. The number of amides is 1. The van der Waals surface area contributed by atoms with Crippen LogP contribution in [0.2, 0.25) is 5.02 Å². The van der Waals surface area contributed by atoms with E-state index in [9.17, 15) is 13.6 Å². The van der Waals surface area contributed by atoms with Gasteiger partial charge in [-0.2, -0.15) is 0 Å². The number of nitrogens with one attached hydrogen (secondary N) is 1. The van der Waals surface area contributed by atoms with Crippen LogP contribution in [0, 0.1) is 0 Å². The molecule has 0 saturated heterocycles. The first kappa shape index (κ1) is 19.8. The minimum absolute atomic E-state index is 0.0338. The summed E-state index contributed by atoms with van der Waals surface area (Å²) in [6.45, 7) is 0. The molecule has 8 nitrogen and oxygen atoms in total. The molecule has 3 N–H and O–H groups in total. The summed E-state index contributed by atoms with van der Waals surface area (Å²) in [5.41, 5.74) is 5.89. The van der Waals surface area contributed by atoms with Gasteiger partial charge in [0.05, 0.1) is 28.1 Å². The van der Waals surface area contributed by atoms with E-state index in [1.165, 1.54) is 37.8 Å². The first-order chi connectivity index (χ1) is 13.2. The van der Waals surface area contributed by atoms with Gasteiger partial charge in [-0.3, -0.25) is 14.8 Å². The zero-order valence-corrected chi connectivity index (χ0v) is 15.6. The summed E-state index contributed by atoms with van der Waals surface area (Å²) >= 11 is 11.9. The number of aliphatic imine (C=N–C) groups is 1. The van der Waals surface area contributed by atoms with Crippen LogP contribution in [0.5, 0.6) is 11.5 Å². The molecule has 146 valence electrons. The molecule has 3 rings (SSSR count). The van der Waals surface area contributed by atoms with Crippen LogP contribution in [0.1, 0.15) is 0 Å². The summed E-state index contributed by atoms with van der Waals surface area (Å²) in [4.78, 5) is 23.8. The van der Waals surface area contributed by atoms with Crippen LogP contribution in [0.15, 0.2) is 40.2 Å². The number of fused-ring (bicyclic) bond motifs is 1. The molecular formula is C16H11Cl2F2N5O3. The number of halogens is 4. The van der Waals surface area contributed by atoms with E-state index in [-0.39, 0.29) is 44.3 Å². The highest BCUT2D eigenvalue weighted by Gasteiger charge is 2.43. The number of anilines is 1. The van der Waals surface area contributed by atoms with Crippen LogP contribution >= 0.6 is 23.2 Å². The Hall–Kier alpha value is -2.98. The van der Waals surface area contributed by atoms with Gasteiger partial charge in [0.1, 0.15) is 5.70 Å². The number of hydrogen-bond donors (Lipinski definition) is 2. The number of carbonyl (C=O) groups is 1. The normalized spacial score (nSPS) is 15.5. The van der Waals surface area contributed by atoms with Crippen molar-refractivity contribution in [3.05, 3.63) is 40.3 Å². The molecule has 0 radical (unpaired) electrons. The fourth-order valence-electron chi connectivity index (χ4n) is 2.17. The lowest BCUT2D eigenvalue weighted by atomic mass is 10.1. The number of carbonyl (C=O) groups excluding carboxylic acids is 1. The van der Waals surface area contributed by atoms with Crippen LogP contribution in [0.4, 0.5) is 14.6 Å². The maximum Gasteiger partial charge on any atom is 0.586 e. The number of nitrogens with two attached hydrogens (primary N) is 1. The Morgan fingerprint density at radius 3 is 2.57 bits per heavy atom. The Kier molecular flexibility index (Phi) is 5.34. The van der Waals surface area contributed by atoms with Gasteiger partial charge >= 0.3 is 6.29 Å². The van der Waals surface area contributed by atoms with Gasteiger partial charge in [-0.25, -0.2) is 4.98 Å². The van der Waals surface area contributed by atoms with Crippen molar-refractivity contribution < 1.29 is 23.0 Å². The smallest absolute Gasteiger partial charge is 0.395 e. The van der Waals surface area contributed by atoms with Crippen molar-refractivity contribution >= 4 is 41.1 Å². The van der Waals surface area contributed by atoms with Crippen molar-refractivity contribution in [2.24, 2.45) is 10.7 Å². The molecule has 1 aliphatic rings. The highest BCUT2D eigenvalue weighted by Crippen LogP contribution is 2.45. The molecule has 1 aliphatic heterocycles. The van der Waals surface area contributed by atoms with E-state index in [4.69, 9.17) is 28.9 Å². The lowest BCUT2D eigenvalue weighted by Gasteiger charge is -2.07. The highest BCUT2D eigenvalue weighted by molar-refractivity contribution is 6.41. The Labute approximate surface area is 167 Å². The molecule has 0 saturated carbocycles. The van der Waals surface area contributed by atoms with Crippen LogP contribution in [-0.2, 0) is 4.79 Å². The molecule has 2 aromatic rings. The second-order valence-corrected chi connectivity index (χ2v) is 6.15. The van der Waals surface area contributed by atoms with Crippen LogP contribution < -0.4 is 20.5 Å². The molecule has 12 heteroatoms. The Balaban J connectivity index is 1.81. The van der Waals surface area contributed by atoms with E-state index in [2.05, 4.69) is 29.8 Å². The molecule has 28 heavy (non-hydrogen) atoms. The molecule has 0 atom stereocenters. The number of benzene rings is 1. The number of allylic oxidation sites excluding steroid dienone is 1. The van der Waals surface area contributed by atoms with Gasteiger partial charge in [-0.05, 0) is 6.07 Å². The van der Waals surface area contributed by atoms with Crippen molar-refractivity contribution in [3.63, 3.8) is 0 Å². The number of rotatable bonds is 4. The number of hydrogen-bond acceptors (Lipinski definition) is 7. The van der Waals surface area contributed by atoms with Gasteiger partial charge in [0.15, 0.2) is 17.3 Å². The monoisotopic (exact) mass is 429 g/mol. The molecule has 1 aromatic heterocycles. The maximum atomic E-state index is 13.2. The van der Waals surface area contributed by atoms with Crippen molar-refractivity contribution in [2.45, 2.75) is 6.29 Å². The van der Waals surface area contributed by atoms with E-state index in [1.807, 2.05) is 0 Å². The minimum Gasteiger partial charge on any atom is -0.395 e. The van der Waals surface area contributed by atoms with Gasteiger partial charge in [0.25, 0.3) is 5.91 Å². The number of ether oxygens (including phenoxy) is 2. The predicted octanol–water partition coefficient (Wildman–Crippen LogP) is 3.17. The van der Waals surface area contributed by atoms with Gasteiger partial charge in [0.2, 0.25) is 0 Å². The Morgan fingerprint density at radius 1 is 1.29 bits per heavy atom. The van der Waals surface area contributed by atoms with Crippen molar-refractivity contribution in [1.29, 1.82) is 0 Å². The summed E-state index contributed by atoms with van der Waals surface area (Å²) in [6.07, 6.45) is -0.0260. The van der Waals surface area contributed by atoms with E-state index >= 15 is 0 Å². The van der Waals surface area contributed by atoms with E-state index in [1.54, 1.807) is 0 Å². The fraction of sp³-hybridized carbons (Fsp3) is 0.125. The third-order valence-corrected chi connectivity index (χ3v) is 4.02. The average Bonchev–Trinajstić information content (AvgIpc) is 2.94. The van der Waals surface area contributed by atoms with E-state index < -0.39 is 12.2 Å². The van der Waals surface area contributed by atoms with Crippen LogP contribution in [-0.4, -0.2) is 35.4 Å². The summed E-state index contributed by atoms with van der Waals surface area (Å²) in [5, 5.41) is 2.48. The zero-order valence-electron chi connectivity index (χ0n) is 14.0. The lowest BCUT2D eigenvalue weighted by Crippen LogP contribution is -2.25. The standard InChI is InChI=1S/C16H11Cl2F2N5O3/c1-22-4-9(18)14(21)15(26)25-13-6-23-10(5-24-13)7-2-11-12(3-8(7)17)28-16(19,20)27-11/h2-6H,21H2,1H3,(H,24,25,26)/b14-9+,22-4?. The SMILES string of the molecule is CN=C/C(Cl)=C(\N)C(=O)Nc1cnc(-c2cc3c(cc2Cl)OC(F)(F)O3)cn1. The summed E-state index contributed by atoms with van der Waals surface area (Å²) in [5.74, 6) is -0.993. The quantitative estimate of drug-likeness (QED) is 0.570. The number of alkyl halides is 2. The van der Waals surface area contributed by atoms with Crippen molar-refractivity contribution in [1.82, 2.24) is 9.97 Å². The van der Waals surface area contributed by atoms with Crippen LogP contribution in [0.25, 0.3) is 11.3 Å². The first-order valence-corrected chi connectivity index (χ1v) is 8.26. The Bertz CT molecular complexity index is 997. The summed E-state index contributed by atoms with van der Waals surface area (Å²) < 4.78 is 35.0. The molecule has 0 aliphatic carbocycles. The maximum absolute atomic E-state index is 13.2. The van der Waals surface area contributed by atoms with Crippen LogP contribution in [0.3, 0.4) is 0 Å². The predicted molar refractivity (Wildman–Crippen MR) is 98.8 cm³/mol. The topological polar surface area (TPSA) is 112 Å². The summed E-state index contributed by atoms with van der Waals surface area (Å²) in [6, 6.07) is 2.44. The van der Waals surface area contributed by atoms with Gasteiger partial charge < -0.3 is 20.5 Å².